The molecule has 1 amide bonds. The standard InChI is InChI=1S/C14H17F2NO3/c1-3-8(2)13(14(19)20)17-12(18)7-9-10(15)5-4-6-11(9)16/h4-6,8,13H,3,7H2,1-2H3,(H,17,18)(H,19,20). The van der Waals surface area contributed by atoms with E-state index in [1.54, 1.807) is 13.8 Å². The highest BCUT2D eigenvalue weighted by molar-refractivity contribution is 5.85. The lowest BCUT2D eigenvalue weighted by molar-refractivity contribution is -0.143. The van der Waals surface area contributed by atoms with Crippen molar-refractivity contribution in [3.05, 3.63) is 35.4 Å². The molecular weight excluding hydrogens is 268 g/mol. The maximum Gasteiger partial charge on any atom is 0.326 e. The van der Waals surface area contributed by atoms with Gasteiger partial charge in [-0.2, -0.15) is 0 Å². The predicted molar refractivity (Wildman–Crippen MR) is 69.1 cm³/mol. The summed E-state index contributed by atoms with van der Waals surface area (Å²) in [5.41, 5.74) is -0.363. The summed E-state index contributed by atoms with van der Waals surface area (Å²) in [7, 11) is 0. The zero-order valence-corrected chi connectivity index (χ0v) is 11.3. The van der Waals surface area contributed by atoms with Gasteiger partial charge in [0.25, 0.3) is 0 Å². The molecule has 0 bridgehead atoms. The smallest absolute Gasteiger partial charge is 0.326 e. The molecule has 6 heteroatoms. The van der Waals surface area contributed by atoms with Gasteiger partial charge in [-0.1, -0.05) is 26.3 Å². The first kappa shape index (κ1) is 16.1. The highest BCUT2D eigenvalue weighted by Gasteiger charge is 2.26. The Bertz CT molecular complexity index is 485. The van der Waals surface area contributed by atoms with Crippen LogP contribution >= 0.6 is 0 Å². The van der Waals surface area contributed by atoms with Crippen LogP contribution in [0.4, 0.5) is 8.78 Å². The van der Waals surface area contributed by atoms with Gasteiger partial charge in [0.2, 0.25) is 5.91 Å². The minimum Gasteiger partial charge on any atom is -0.480 e. The summed E-state index contributed by atoms with van der Waals surface area (Å²) in [6, 6.07) is 2.23. The van der Waals surface area contributed by atoms with Crippen LogP contribution in [-0.4, -0.2) is 23.0 Å². The minimum atomic E-state index is -1.17. The summed E-state index contributed by atoms with van der Waals surface area (Å²) >= 11 is 0. The van der Waals surface area contributed by atoms with E-state index in [-0.39, 0.29) is 11.5 Å². The second kappa shape index (κ2) is 6.98. The number of aliphatic carboxylic acids is 1. The van der Waals surface area contributed by atoms with Crippen LogP contribution in [0.25, 0.3) is 0 Å². The molecule has 1 rings (SSSR count). The van der Waals surface area contributed by atoms with E-state index >= 15 is 0 Å². The van der Waals surface area contributed by atoms with E-state index in [1.807, 2.05) is 0 Å². The second-order valence-electron chi connectivity index (χ2n) is 4.65. The first-order valence-corrected chi connectivity index (χ1v) is 6.31. The van der Waals surface area contributed by atoms with Crippen molar-refractivity contribution >= 4 is 11.9 Å². The topological polar surface area (TPSA) is 66.4 Å². The Balaban J connectivity index is 2.79. The van der Waals surface area contributed by atoms with Crippen LogP contribution in [0.1, 0.15) is 25.8 Å². The first-order chi connectivity index (χ1) is 9.36. The predicted octanol–water partition coefficient (Wildman–Crippen LogP) is 2.12. The number of carbonyl (C=O) groups excluding carboxylic acids is 1. The fraction of sp³-hybridized carbons (Fsp3) is 0.429. The Morgan fingerprint density at radius 3 is 2.30 bits per heavy atom. The van der Waals surface area contributed by atoms with Crippen LogP contribution in [-0.2, 0) is 16.0 Å². The number of halogens is 2. The Kier molecular flexibility index (Phi) is 5.61. The van der Waals surface area contributed by atoms with Gasteiger partial charge in [-0.05, 0) is 18.1 Å². The fourth-order valence-electron chi connectivity index (χ4n) is 1.77. The molecule has 0 radical (unpaired) electrons. The lowest BCUT2D eigenvalue weighted by atomic mass is 9.99. The maximum atomic E-state index is 13.4. The average molecular weight is 285 g/mol. The molecule has 0 fully saturated rings. The van der Waals surface area contributed by atoms with Gasteiger partial charge in [-0.3, -0.25) is 4.79 Å². The Hall–Kier alpha value is -1.98. The third-order valence-corrected chi connectivity index (χ3v) is 3.19. The number of nitrogens with one attached hydrogen (secondary N) is 1. The van der Waals surface area contributed by atoms with E-state index in [2.05, 4.69) is 5.32 Å². The van der Waals surface area contributed by atoms with Gasteiger partial charge in [0.1, 0.15) is 17.7 Å². The number of carboxylic acid groups (broad SMARTS) is 1. The third kappa shape index (κ3) is 4.01. The number of amides is 1. The number of benzene rings is 1. The molecule has 4 nitrogen and oxygen atoms in total. The Morgan fingerprint density at radius 2 is 1.85 bits per heavy atom. The third-order valence-electron chi connectivity index (χ3n) is 3.19. The molecule has 0 saturated carbocycles. The van der Waals surface area contributed by atoms with E-state index in [0.717, 1.165) is 12.1 Å². The summed E-state index contributed by atoms with van der Waals surface area (Å²) in [6.45, 7) is 3.48. The summed E-state index contributed by atoms with van der Waals surface area (Å²) in [5, 5.41) is 11.3. The van der Waals surface area contributed by atoms with Crippen LogP contribution < -0.4 is 5.32 Å². The van der Waals surface area contributed by atoms with Crippen molar-refractivity contribution in [3.8, 4) is 0 Å². The molecule has 0 heterocycles. The molecule has 2 N–H and O–H groups in total. The summed E-state index contributed by atoms with van der Waals surface area (Å²) in [5.74, 6) is -3.81. The molecule has 0 saturated heterocycles. The van der Waals surface area contributed by atoms with Crippen molar-refractivity contribution in [1.82, 2.24) is 5.32 Å². The number of carbonyl (C=O) groups is 2. The summed E-state index contributed by atoms with van der Waals surface area (Å²) in [6.07, 6.45) is 0.0318. The van der Waals surface area contributed by atoms with Crippen LogP contribution in [0, 0.1) is 17.6 Å². The molecule has 20 heavy (non-hydrogen) atoms. The highest BCUT2D eigenvalue weighted by Crippen LogP contribution is 2.13. The van der Waals surface area contributed by atoms with E-state index in [4.69, 9.17) is 5.11 Å². The Labute approximate surface area is 115 Å². The molecule has 0 aliphatic carbocycles. The van der Waals surface area contributed by atoms with Gasteiger partial charge in [0, 0.05) is 5.56 Å². The normalized spacial score (nSPS) is 13.6. The summed E-state index contributed by atoms with van der Waals surface area (Å²) < 4.78 is 26.8. The molecule has 0 aromatic heterocycles. The van der Waals surface area contributed by atoms with Crippen molar-refractivity contribution in [2.75, 3.05) is 0 Å². The van der Waals surface area contributed by atoms with Crippen molar-refractivity contribution in [2.24, 2.45) is 5.92 Å². The van der Waals surface area contributed by atoms with Gasteiger partial charge >= 0.3 is 5.97 Å². The van der Waals surface area contributed by atoms with E-state index in [1.165, 1.54) is 6.07 Å². The molecule has 0 aliphatic rings. The zero-order valence-electron chi connectivity index (χ0n) is 11.3. The van der Waals surface area contributed by atoms with Gasteiger partial charge in [0.05, 0.1) is 6.42 Å². The van der Waals surface area contributed by atoms with Gasteiger partial charge in [-0.15, -0.1) is 0 Å². The summed E-state index contributed by atoms with van der Waals surface area (Å²) in [4.78, 5) is 22.8. The largest absolute Gasteiger partial charge is 0.480 e. The van der Waals surface area contributed by atoms with Crippen molar-refractivity contribution < 1.29 is 23.5 Å². The molecule has 1 aromatic carbocycles. The Morgan fingerprint density at radius 1 is 1.30 bits per heavy atom. The number of rotatable bonds is 6. The van der Waals surface area contributed by atoms with Crippen LogP contribution in [0.3, 0.4) is 0 Å². The fourth-order valence-corrected chi connectivity index (χ4v) is 1.77. The van der Waals surface area contributed by atoms with E-state index in [0.29, 0.717) is 6.42 Å². The van der Waals surface area contributed by atoms with Crippen molar-refractivity contribution in [3.63, 3.8) is 0 Å². The average Bonchev–Trinajstić information content (AvgIpc) is 2.39. The lowest BCUT2D eigenvalue weighted by Crippen LogP contribution is -2.45. The van der Waals surface area contributed by atoms with Crippen LogP contribution in [0.15, 0.2) is 18.2 Å². The van der Waals surface area contributed by atoms with E-state index < -0.39 is 36.0 Å². The molecule has 0 aliphatic heterocycles. The number of hydrogen-bond donors (Lipinski definition) is 2. The molecule has 1 aromatic rings. The second-order valence-corrected chi connectivity index (χ2v) is 4.65. The monoisotopic (exact) mass is 285 g/mol. The minimum absolute atomic E-state index is 0.276. The van der Waals surface area contributed by atoms with Crippen molar-refractivity contribution in [2.45, 2.75) is 32.7 Å². The van der Waals surface area contributed by atoms with Gasteiger partial charge < -0.3 is 10.4 Å². The lowest BCUT2D eigenvalue weighted by Gasteiger charge is -2.20. The maximum absolute atomic E-state index is 13.4. The van der Waals surface area contributed by atoms with Crippen molar-refractivity contribution in [1.29, 1.82) is 0 Å². The SMILES string of the molecule is CCC(C)C(NC(=O)Cc1c(F)cccc1F)C(=O)O. The number of hydrogen-bond acceptors (Lipinski definition) is 2. The number of carboxylic acids is 1. The highest BCUT2D eigenvalue weighted by atomic mass is 19.1. The van der Waals surface area contributed by atoms with Crippen LogP contribution in [0.2, 0.25) is 0 Å². The molecule has 110 valence electrons. The van der Waals surface area contributed by atoms with Gasteiger partial charge in [0.15, 0.2) is 0 Å². The first-order valence-electron chi connectivity index (χ1n) is 6.31. The molecule has 2 atom stereocenters. The quantitative estimate of drug-likeness (QED) is 0.841. The van der Waals surface area contributed by atoms with Gasteiger partial charge in [-0.25, -0.2) is 13.6 Å². The van der Waals surface area contributed by atoms with E-state index in [9.17, 15) is 18.4 Å². The van der Waals surface area contributed by atoms with Crippen LogP contribution in [0.5, 0.6) is 0 Å². The zero-order chi connectivity index (χ0) is 15.3. The molecule has 2 unspecified atom stereocenters. The molecular formula is C14H17F2NO3. The molecule has 0 spiro atoms.